The molecule has 0 radical (unpaired) electrons. The maximum Gasteiger partial charge on any atom is 0.259 e. The number of rotatable bonds is 8. The number of hydrogen-bond acceptors (Lipinski definition) is 4. The van der Waals surface area contributed by atoms with Crippen LogP contribution in [-0.2, 0) is 11.3 Å². The second-order valence-corrected chi connectivity index (χ2v) is 8.00. The van der Waals surface area contributed by atoms with E-state index < -0.39 is 0 Å². The van der Waals surface area contributed by atoms with Gasteiger partial charge in [0.25, 0.3) is 11.8 Å². The van der Waals surface area contributed by atoms with Gasteiger partial charge >= 0.3 is 0 Å². The molecule has 0 saturated carbocycles. The van der Waals surface area contributed by atoms with Crippen LogP contribution in [0, 0.1) is 0 Å². The number of benzene rings is 3. The van der Waals surface area contributed by atoms with E-state index in [-0.39, 0.29) is 18.4 Å². The minimum Gasteiger partial charge on any atom is -0.484 e. The molecule has 2 amide bonds. The van der Waals surface area contributed by atoms with Gasteiger partial charge in [-0.25, -0.2) is 0 Å². The van der Waals surface area contributed by atoms with Gasteiger partial charge in [-0.05, 0) is 53.1 Å². The first kappa shape index (κ1) is 22.8. The lowest BCUT2D eigenvalue weighted by Crippen LogP contribution is -2.27. The Hall–Kier alpha value is -4.39. The van der Waals surface area contributed by atoms with Crippen LogP contribution in [0.4, 0.5) is 5.69 Å². The fraction of sp³-hybridized carbons (Fsp3) is 0.148. The van der Waals surface area contributed by atoms with Gasteiger partial charge in [-0.2, -0.15) is 5.10 Å². The van der Waals surface area contributed by atoms with Crippen LogP contribution in [-0.4, -0.2) is 47.2 Å². The van der Waals surface area contributed by atoms with Gasteiger partial charge in [-0.3, -0.25) is 14.3 Å². The highest BCUT2D eigenvalue weighted by Gasteiger charge is 2.13. The predicted molar refractivity (Wildman–Crippen MR) is 132 cm³/mol. The van der Waals surface area contributed by atoms with Gasteiger partial charge in [0, 0.05) is 37.7 Å². The van der Waals surface area contributed by atoms with Crippen LogP contribution in [0.15, 0.2) is 91.3 Å². The molecule has 1 heterocycles. The van der Waals surface area contributed by atoms with Crippen molar-refractivity contribution in [3.8, 4) is 16.9 Å². The van der Waals surface area contributed by atoms with Crippen molar-refractivity contribution in [1.29, 1.82) is 0 Å². The quantitative estimate of drug-likeness (QED) is 0.430. The molecule has 1 N–H and O–H groups in total. The number of carbonyl (C=O) groups is 2. The van der Waals surface area contributed by atoms with E-state index in [9.17, 15) is 9.59 Å². The average Bonchev–Trinajstić information content (AvgIpc) is 3.37. The van der Waals surface area contributed by atoms with Gasteiger partial charge < -0.3 is 15.0 Å². The normalized spacial score (nSPS) is 10.5. The summed E-state index contributed by atoms with van der Waals surface area (Å²) in [6.45, 7) is 0.658. The van der Waals surface area contributed by atoms with Crippen molar-refractivity contribution in [2.24, 2.45) is 0 Å². The van der Waals surface area contributed by atoms with Crippen molar-refractivity contribution in [2.75, 3.05) is 26.0 Å². The van der Waals surface area contributed by atoms with Crippen molar-refractivity contribution in [3.05, 3.63) is 102 Å². The monoisotopic (exact) mass is 454 g/mol. The number of ether oxygens (including phenoxy) is 1. The molecule has 0 unspecified atom stereocenters. The van der Waals surface area contributed by atoms with Crippen LogP contribution in [0.1, 0.15) is 15.9 Å². The third kappa shape index (κ3) is 5.69. The van der Waals surface area contributed by atoms with E-state index >= 15 is 0 Å². The molecule has 0 saturated heterocycles. The summed E-state index contributed by atoms with van der Waals surface area (Å²) in [4.78, 5) is 26.2. The summed E-state index contributed by atoms with van der Waals surface area (Å²) in [5.41, 5.74) is 4.17. The molecule has 4 rings (SSSR count). The average molecular weight is 455 g/mol. The van der Waals surface area contributed by atoms with Gasteiger partial charge in [0.2, 0.25) is 0 Å². The molecule has 34 heavy (non-hydrogen) atoms. The molecule has 0 bridgehead atoms. The predicted octanol–water partition coefficient (Wildman–Crippen LogP) is 4.32. The molecule has 3 aromatic carbocycles. The van der Waals surface area contributed by atoms with Crippen molar-refractivity contribution in [3.63, 3.8) is 0 Å². The number of likely N-dealkylation sites (N-methyl/N-ethyl adjacent to an activating group) is 1. The number of nitrogens with one attached hydrogen (secondary N) is 1. The third-order valence-corrected chi connectivity index (χ3v) is 5.31. The Morgan fingerprint density at radius 3 is 2.35 bits per heavy atom. The Morgan fingerprint density at radius 1 is 0.941 bits per heavy atom. The number of amides is 2. The summed E-state index contributed by atoms with van der Waals surface area (Å²) in [5.74, 6) is 0.236. The molecule has 4 aromatic rings. The molecule has 7 nitrogen and oxygen atoms in total. The van der Waals surface area contributed by atoms with E-state index in [1.54, 1.807) is 44.6 Å². The Morgan fingerprint density at radius 2 is 1.68 bits per heavy atom. The minimum absolute atomic E-state index is 0.0349. The van der Waals surface area contributed by atoms with Gasteiger partial charge in [-0.15, -0.1) is 0 Å². The Bertz CT molecular complexity index is 1250. The third-order valence-electron chi connectivity index (χ3n) is 5.31. The molecule has 0 aliphatic carbocycles. The van der Waals surface area contributed by atoms with Crippen LogP contribution in [0.2, 0.25) is 0 Å². The van der Waals surface area contributed by atoms with Crippen LogP contribution < -0.4 is 10.1 Å². The van der Waals surface area contributed by atoms with Crippen LogP contribution >= 0.6 is 0 Å². The molecule has 1 aromatic heterocycles. The molecule has 0 spiro atoms. The minimum atomic E-state index is -0.201. The zero-order chi connectivity index (χ0) is 23.9. The molecule has 7 heteroatoms. The van der Waals surface area contributed by atoms with Crippen molar-refractivity contribution in [1.82, 2.24) is 14.7 Å². The summed E-state index contributed by atoms with van der Waals surface area (Å²) in [7, 11) is 3.36. The van der Waals surface area contributed by atoms with E-state index in [1.165, 1.54) is 4.90 Å². The fourth-order valence-corrected chi connectivity index (χ4v) is 3.41. The van der Waals surface area contributed by atoms with Crippen LogP contribution in [0.5, 0.6) is 5.75 Å². The lowest BCUT2D eigenvalue weighted by molar-refractivity contribution is -0.130. The van der Waals surface area contributed by atoms with Crippen molar-refractivity contribution < 1.29 is 14.3 Å². The zero-order valence-corrected chi connectivity index (χ0v) is 19.1. The fourth-order valence-electron chi connectivity index (χ4n) is 3.41. The smallest absolute Gasteiger partial charge is 0.259 e. The highest BCUT2D eigenvalue weighted by atomic mass is 16.5. The first-order valence-corrected chi connectivity index (χ1v) is 10.9. The zero-order valence-electron chi connectivity index (χ0n) is 19.1. The molecular weight excluding hydrogens is 428 g/mol. The van der Waals surface area contributed by atoms with E-state index in [1.807, 2.05) is 65.5 Å². The lowest BCUT2D eigenvalue weighted by atomic mass is 9.98. The summed E-state index contributed by atoms with van der Waals surface area (Å²) in [6, 6.07) is 24.5. The largest absolute Gasteiger partial charge is 0.484 e. The van der Waals surface area contributed by atoms with Gasteiger partial charge in [-0.1, -0.05) is 42.5 Å². The molecular formula is C27H26N4O3. The molecule has 0 aliphatic heterocycles. The highest BCUT2D eigenvalue weighted by molar-refractivity contribution is 6.08. The maximum atomic E-state index is 13.1. The molecule has 0 aliphatic rings. The number of aromatic nitrogens is 2. The maximum absolute atomic E-state index is 13.1. The highest BCUT2D eigenvalue weighted by Crippen LogP contribution is 2.25. The van der Waals surface area contributed by atoms with Crippen LogP contribution in [0.3, 0.4) is 0 Å². The number of hydrogen-bond donors (Lipinski definition) is 1. The lowest BCUT2D eigenvalue weighted by Gasteiger charge is -2.13. The van der Waals surface area contributed by atoms with E-state index in [0.29, 0.717) is 23.5 Å². The van der Waals surface area contributed by atoms with Gasteiger partial charge in [0.15, 0.2) is 6.61 Å². The number of carbonyl (C=O) groups excluding carboxylic acids is 2. The second-order valence-electron chi connectivity index (χ2n) is 8.00. The Kier molecular flexibility index (Phi) is 7.03. The van der Waals surface area contributed by atoms with Crippen LogP contribution in [0.25, 0.3) is 11.1 Å². The summed E-state index contributed by atoms with van der Waals surface area (Å²) >= 11 is 0. The molecule has 0 atom stereocenters. The summed E-state index contributed by atoms with van der Waals surface area (Å²) < 4.78 is 7.35. The number of anilines is 1. The summed E-state index contributed by atoms with van der Waals surface area (Å²) in [6.07, 6.45) is 3.69. The van der Waals surface area contributed by atoms with Crippen molar-refractivity contribution >= 4 is 17.5 Å². The topological polar surface area (TPSA) is 76.5 Å². The SMILES string of the molecule is CN(C)C(=O)COc1ccc(NC(=O)c2ccccc2-c2ccc(Cn3cccn3)cc2)cc1. The molecule has 0 fully saturated rings. The second kappa shape index (κ2) is 10.5. The number of nitrogens with zero attached hydrogens (tertiary/aromatic N) is 3. The van der Waals surface area contributed by atoms with E-state index in [0.717, 1.165) is 16.7 Å². The molecule has 172 valence electrons. The Labute approximate surface area is 198 Å². The van der Waals surface area contributed by atoms with E-state index in [4.69, 9.17) is 4.74 Å². The van der Waals surface area contributed by atoms with Gasteiger partial charge in [0.1, 0.15) is 5.75 Å². The van der Waals surface area contributed by atoms with Crippen molar-refractivity contribution in [2.45, 2.75) is 6.54 Å². The first-order chi connectivity index (χ1) is 16.5. The van der Waals surface area contributed by atoms with Gasteiger partial charge in [0.05, 0.1) is 6.54 Å². The van der Waals surface area contributed by atoms with E-state index in [2.05, 4.69) is 10.4 Å². The summed E-state index contributed by atoms with van der Waals surface area (Å²) in [5, 5.41) is 7.18. The standard InChI is InChI=1S/C27H26N4O3/c1-30(2)26(32)19-34-23-14-12-22(13-15-23)29-27(33)25-7-4-3-6-24(25)21-10-8-20(9-11-21)18-31-17-5-16-28-31/h3-17H,18-19H2,1-2H3,(H,29,33). The Balaban J connectivity index is 1.44. The first-order valence-electron chi connectivity index (χ1n) is 10.9.